The third kappa shape index (κ3) is 3.94. The number of fused-ring (bicyclic) bond motifs is 1. The van der Waals surface area contributed by atoms with Crippen LogP contribution in [0, 0.1) is 10.1 Å². The maximum absolute atomic E-state index is 12.4. The SMILES string of the molecule is CNC(=O)c1cc([N+](=O)[O-])ccc1N1CC2OCCN(Cc3ccccc3)C2C1. The van der Waals surface area contributed by atoms with Crippen molar-refractivity contribution in [3.63, 3.8) is 0 Å². The zero-order valence-electron chi connectivity index (χ0n) is 16.3. The Morgan fingerprint density at radius 1 is 1.24 bits per heavy atom. The Morgan fingerprint density at radius 2 is 2.03 bits per heavy atom. The molecule has 2 aliphatic heterocycles. The predicted molar refractivity (Wildman–Crippen MR) is 109 cm³/mol. The molecule has 2 unspecified atom stereocenters. The number of nitro groups is 1. The van der Waals surface area contributed by atoms with Gasteiger partial charge in [0.1, 0.15) is 0 Å². The lowest BCUT2D eigenvalue weighted by molar-refractivity contribution is -0.384. The number of ether oxygens (including phenoxy) is 1. The lowest BCUT2D eigenvalue weighted by Crippen LogP contribution is -2.50. The summed E-state index contributed by atoms with van der Waals surface area (Å²) in [5.74, 6) is -0.333. The van der Waals surface area contributed by atoms with Crippen LogP contribution in [-0.2, 0) is 11.3 Å². The summed E-state index contributed by atoms with van der Waals surface area (Å²) in [6, 6.07) is 15.0. The summed E-state index contributed by atoms with van der Waals surface area (Å²) in [5.41, 5.74) is 2.18. The normalized spacial score (nSPS) is 21.6. The first-order valence-electron chi connectivity index (χ1n) is 9.72. The number of carbonyl (C=O) groups is 1. The lowest BCUT2D eigenvalue weighted by Gasteiger charge is -2.36. The number of morpholine rings is 1. The molecule has 0 aromatic heterocycles. The van der Waals surface area contributed by atoms with Gasteiger partial charge in [0.2, 0.25) is 0 Å². The number of nitrogens with zero attached hydrogens (tertiary/aromatic N) is 3. The van der Waals surface area contributed by atoms with Crippen LogP contribution in [0.2, 0.25) is 0 Å². The number of carbonyl (C=O) groups excluding carboxylic acids is 1. The quantitative estimate of drug-likeness (QED) is 0.615. The van der Waals surface area contributed by atoms with E-state index in [1.807, 2.05) is 18.2 Å². The molecule has 8 heteroatoms. The lowest BCUT2D eigenvalue weighted by atomic mass is 10.1. The topological polar surface area (TPSA) is 87.9 Å². The zero-order chi connectivity index (χ0) is 20.4. The molecule has 0 bridgehead atoms. The minimum Gasteiger partial charge on any atom is -0.373 e. The Balaban J connectivity index is 1.58. The maximum Gasteiger partial charge on any atom is 0.270 e. The van der Waals surface area contributed by atoms with E-state index in [1.54, 1.807) is 6.07 Å². The Bertz CT molecular complexity index is 905. The van der Waals surface area contributed by atoms with E-state index in [4.69, 9.17) is 4.74 Å². The first-order chi connectivity index (χ1) is 14.1. The molecule has 0 radical (unpaired) electrons. The Labute approximate surface area is 169 Å². The second-order valence-corrected chi connectivity index (χ2v) is 7.38. The number of rotatable bonds is 5. The molecule has 4 rings (SSSR count). The van der Waals surface area contributed by atoms with Crippen LogP contribution < -0.4 is 10.2 Å². The molecule has 2 aliphatic rings. The van der Waals surface area contributed by atoms with Crippen molar-refractivity contribution in [1.29, 1.82) is 0 Å². The summed E-state index contributed by atoms with van der Waals surface area (Å²) < 4.78 is 6.02. The van der Waals surface area contributed by atoms with E-state index in [-0.39, 0.29) is 23.7 Å². The van der Waals surface area contributed by atoms with Gasteiger partial charge in [0.05, 0.1) is 34.9 Å². The fourth-order valence-corrected chi connectivity index (χ4v) is 4.20. The van der Waals surface area contributed by atoms with Gasteiger partial charge in [-0.25, -0.2) is 0 Å². The average Bonchev–Trinajstić information content (AvgIpc) is 3.18. The summed E-state index contributed by atoms with van der Waals surface area (Å²) in [7, 11) is 1.53. The number of hydrogen-bond acceptors (Lipinski definition) is 6. The second-order valence-electron chi connectivity index (χ2n) is 7.38. The monoisotopic (exact) mass is 396 g/mol. The second kappa shape index (κ2) is 8.18. The molecule has 2 aromatic rings. The van der Waals surface area contributed by atoms with Crippen LogP contribution in [-0.4, -0.2) is 61.2 Å². The molecule has 0 saturated carbocycles. The standard InChI is InChI=1S/C21H24N4O4/c1-22-21(26)17-11-16(25(27)28)7-8-18(17)24-13-19-20(14-24)29-10-9-23(19)12-15-5-3-2-4-6-15/h2-8,11,19-20H,9-10,12-14H2,1H3,(H,22,26). The molecule has 152 valence electrons. The van der Waals surface area contributed by atoms with Crippen molar-refractivity contribution in [2.45, 2.75) is 18.7 Å². The van der Waals surface area contributed by atoms with Crippen molar-refractivity contribution < 1.29 is 14.5 Å². The van der Waals surface area contributed by atoms with Crippen molar-refractivity contribution in [1.82, 2.24) is 10.2 Å². The minimum absolute atomic E-state index is 0.0418. The van der Waals surface area contributed by atoms with E-state index >= 15 is 0 Å². The highest BCUT2D eigenvalue weighted by Crippen LogP contribution is 2.32. The summed E-state index contributed by atoms with van der Waals surface area (Å²) in [4.78, 5) is 27.6. The van der Waals surface area contributed by atoms with E-state index < -0.39 is 4.92 Å². The van der Waals surface area contributed by atoms with Crippen molar-refractivity contribution in [3.05, 3.63) is 69.8 Å². The van der Waals surface area contributed by atoms with Gasteiger partial charge in [0.15, 0.2) is 0 Å². The van der Waals surface area contributed by atoms with Crippen LogP contribution in [0.25, 0.3) is 0 Å². The van der Waals surface area contributed by atoms with E-state index in [0.29, 0.717) is 30.9 Å². The predicted octanol–water partition coefficient (Wildman–Crippen LogP) is 2.04. The molecule has 1 amide bonds. The van der Waals surface area contributed by atoms with Gasteiger partial charge in [-0.15, -0.1) is 0 Å². The number of amides is 1. The summed E-state index contributed by atoms with van der Waals surface area (Å²) in [6.45, 7) is 3.73. The van der Waals surface area contributed by atoms with Gasteiger partial charge >= 0.3 is 0 Å². The van der Waals surface area contributed by atoms with E-state index in [0.717, 1.165) is 13.1 Å². The molecule has 0 spiro atoms. The molecule has 2 saturated heterocycles. The van der Waals surface area contributed by atoms with Crippen molar-refractivity contribution in [3.8, 4) is 0 Å². The highest BCUT2D eigenvalue weighted by atomic mass is 16.6. The van der Waals surface area contributed by atoms with E-state index in [9.17, 15) is 14.9 Å². The number of nitro benzene ring substituents is 1. The fraction of sp³-hybridized carbons (Fsp3) is 0.381. The van der Waals surface area contributed by atoms with E-state index in [2.05, 4.69) is 27.2 Å². The number of anilines is 1. The van der Waals surface area contributed by atoms with Gasteiger partial charge in [0, 0.05) is 45.4 Å². The zero-order valence-corrected chi connectivity index (χ0v) is 16.3. The molecule has 29 heavy (non-hydrogen) atoms. The number of hydrogen-bond donors (Lipinski definition) is 1. The third-order valence-corrected chi connectivity index (χ3v) is 5.65. The molecule has 1 N–H and O–H groups in total. The van der Waals surface area contributed by atoms with Crippen molar-refractivity contribution >= 4 is 17.3 Å². The highest BCUT2D eigenvalue weighted by molar-refractivity contribution is 6.00. The summed E-state index contributed by atoms with van der Waals surface area (Å²) >= 11 is 0. The van der Waals surface area contributed by atoms with Crippen LogP contribution >= 0.6 is 0 Å². The smallest absolute Gasteiger partial charge is 0.270 e. The minimum atomic E-state index is -0.481. The number of non-ortho nitro benzene ring substituents is 1. The Kier molecular flexibility index (Phi) is 5.46. The summed E-state index contributed by atoms with van der Waals surface area (Å²) in [6.07, 6.45) is 0.0418. The largest absolute Gasteiger partial charge is 0.373 e. The van der Waals surface area contributed by atoms with Crippen LogP contribution in [0.1, 0.15) is 15.9 Å². The number of nitrogens with one attached hydrogen (secondary N) is 1. The van der Waals surface area contributed by atoms with Gasteiger partial charge in [-0.1, -0.05) is 30.3 Å². The third-order valence-electron chi connectivity index (χ3n) is 5.65. The van der Waals surface area contributed by atoms with Crippen LogP contribution in [0.4, 0.5) is 11.4 Å². The maximum atomic E-state index is 12.4. The van der Waals surface area contributed by atoms with Crippen LogP contribution in [0.5, 0.6) is 0 Å². The average molecular weight is 396 g/mol. The van der Waals surface area contributed by atoms with Gasteiger partial charge in [-0.3, -0.25) is 19.8 Å². The molecule has 8 nitrogen and oxygen atoms in total. The fourth-order valence-electron chi connectivity index (χ4n) is 4.20. The van der Waals surface area contributed by atoms with Crippen LogP contribution in [0.3, 0.4) is 0 Å². The van der Waals surface area contributed by atoms with Gasteiger partial charge in [-0.2, -0.15) is 0 Å². The Hall–Kier alpha value is -2.97. The first kappa shape index (κ1) is 19.4. The molecule has 2 heterocycles. The van der Waals surface area contributed by atoms with Crippen LogP contribution in [0.15, 0.2) is 48.5 Å². The highest BCUT2D eigenvalue weighted by Gasteiger charge is 2.41. The molecule has 2 aromatic carbocycles. The molecular formula is C21H24N4O4. The van der Waals surface area contributed by atoms with Gasteiger partial charge in [0.25, 0.3) is 11.6 Å². The molecule has 0 aliphatic carbocycles. The molecular weight excluding hydrogens is 372 g/mol. The Morgan fingerprint density at radius 3 is 2.76 bits per heavy atom. The van der Waals surface area contributed by atoms with Crippen molar-refractivity contribution in [2.24, 2.45) is 0 Å². The first-order valence-corrected chi connectivity index (χ1v) is 9.72. The molecule has 2 fully saturated rings. The summed E-state index contributed by atoms with van der Waals surface area (Å²) in [5, 5.41) is 13.7. The van der Waals surface area contributed by atoms with E-state index in [1.165, 1.54) is 24.7 Å². The number of benzene rings is 2. The van der Waals surface area contributed by atoms with Gasteiger partial charge < -0.3 is 15.0 Å². The van der Waals surface area contributed by atoms with Crippen molar-refractivity contribution in [2.75, 3.05) is 38.2 Å². The molecule has 2 atom stereocenters. The van der Waals surface area contributed by atoms with Gasteiger partial charge in [-0.05, 0) is 11.6 Å².